The second-order valence-corrected chi connectivity index (χ2v) is 5.95. The van der Waals surface area contributed by atoms with Gasteiger partial charge >= 0.3 is 0 Å². The first-order chi connectivity index (χ1) is 8.60. The molecule has 94 valence electrons. The van der Waals surface area contributed by atoms with Crippen molar-refractivity contribution in [3.63, 3.8) is 0 Å². The van der Waals surface area contributed by atoms with Crippen molar-refractivity contribution >= 4 is 47.8 Å². The minimum Gasteiger partial charge on any atom is -0.454 e. The van der Waals surface area contributed by atoms with E-state index < -0.39 is 5.82 Å². The lowest BCUT2D eigenvalue weighted by atomic mass is 10.2. The molecule has 2 aromatic carbocycles. The average molecular weight is 439 g/mol. The lowest BCUT2D eigenvalue weighted by Crippen LogP contribution is -1.92. The van der Waals surface area contributed by atoms with Crippen LogP contribution in [0, 0.1) is 5.82 Å². The molecule has 0 aliphatic heterocycles. The van der Waals surface area contributed by atoms with Gasteiger partial charge in [0.15, 0.2) is 11.6 Å². The quantitative estimate of drug-likeness (QED) is 0.531. The predicted molar refractivity (Wildman–Crippen MR) is 80.9 cm³/mol. The van der Waals surface area contributed by atoms with Crippen LogP contribution >= 0.6 is 47.8 Å². The van der Waals surface area contributed by atoms with E-state index in [9.17, 15) is 4.39 Å². The van der Waals surface area contributed by atoms with Gasteiger partial charge in [-0.2, -0.15) is 0 Å². The van der Waals surface area contributed by atoms with Gasteiger partial charge in [0.25, 0.3) is 0 Å². The number of benzene rings is 2. The van der Waals surface area contributed by atoms with Gasteiger partial charge in [0.05, 0.1) is 0 Å². The van der Waals surface area contributed by atoms with Gasteiger partial charge in [0.2, 0.25) is 0 Å². The Bertz CT molecular complexity index is 572. The first-order valence-electron chi connectivity index (χ1n) is 5.07. The molecule has 0 radical (unpaired) electrons. The van der Waals surface area contributed by atoms with E-state index in [1.54, 1.807) is 12.1 Å². The zero-order valence-corrected chi connectivity index (χ0v) is 13.8. The maximum atomic E-state index is 13.6. The van der Waals surface area contributed by atoms with E-state index in [1.807, 2.05) is 18.2 Å². The van der Waals surface area contributed by atoms with Gasteiger partial charge in [-0.15, -0.1) is 0 Å². The van der Waals surface area contributed by atoms with Crippen molar-refractivity contribution < 1.29 is 9.13 Å². The first kappa shape index (κ1) is 14.0. The Morgan fingerprint density at radius 2 is 1.56 bits per heavy atom. The van der Waals surface area contributed by atoms with Crippen LogP contribution in [0.5, 0.6) is 11.5 Å². The molecule has 2 aromatic rings. The molecule has 0 bridgehead atoms. The van der Waals surface area contributed by atoms with Gasteiger partial charge in [-0.3, -0.25) is 0 Å². The average Bonchev–Trinajstić information content (AvgIpc) is 2.34. The van der Waals surface area contributed by atoms with E-state index in [4.69, 9.17) is 4.74 Å². The number of hydrogen-bond donors (Lipinski definition) is 0. The van der Waals surface area contributed by atoms with Gasteiger partial charge < -0.3 is 4.74 Å². The SMILES string of the molecule is Fc1ccc(Br)cc1Oc1cc(Br)ccc1CBr. The molecule has 0 saturated heterocycles. The summed E-state index contributed by atoms with van der Waals surface area (Å²) in [5, 5.41) is 0.644. The predicted octanol–water partition coefficient (Wildman–Crippen LogP) is 6.04. The minimum atomic E-state index is -0.390. The highest BCUT2D eigenvalue weighted by Crippen LogP contribution is 2.32. The molecule has 0 N–H and O–H groups in total. The molecular weight excluding hydrogens is 431 g/mol. The molecule has 0 unspecified atom stereocenters. The lowest BCUT2D eigenvalue weighted by Gasteiger charge is -2.11. The van der Waals surface area contributed by atoms with Gasteiger partial charge in [-0.1, -0.05) is 53.9 Å². The smallest absolute Gasteiger partial charge is 0.165 e. The monoisotopic (exact) mass is 436 g/mol. The number of ether oxygens (including phenoxy) is 1. The summed E-state index contributed by atoms with van der Waals surface area (Å²) in [6.07, 6.45) is 0. The maximum absolute atomic E-state index is 13.6. The van der Waals surface area contributed by atoms with E-state index in [1.165, 1.54) is 6.07 Å². The van der Waals surface area contributed by atoms with Crippen LogP contribution in [0.25, 0.3) is 0 Å². The summed E-state index contributed by atoms with van der Waals surface area (Å²) >= 11 is 10.0. The third-order valence-corrected chi connectivity index (χ3v) is 3.88. The largest absolute Gasteiger partial charge is 0.454 e. The third kappa shape index (κ3) is 3.33. The minimum absolute atomic E-state index is 0.199. The van der Waals surface area contributed by atoms with Gasteiger partial charge in [0.1, 0.15) is 5.75 Å². The molecule has 1 nitrogen and oxygen atoms in total. The molecule has 0 fully saturated rings. The molecule has 0 heterocycles. The van der Waals surface area contributed by atoms with Crippen molar-refractivity contribution in [2.45, 2.75) is 5.33 Å². The van der Waals surface area contributed by atoms with E-state index >= 15 is 0 Å². The highest BCUT2D eigenvalue weighted by molar-refractivity contribution is 9.10. The maximum Gasteiger partial charge on any atom is 0.165 e. The van der Waals surface area contributed by atoms with Crippen LogP contribution in [0.1, 0.15) is 5.56 Å². The first-order valence-corrected chi connectivity index (χ1v) is 7.78. The molecule has 0 spiro atoms. The van der Waals surface area contributed by atoms with Crippen molar-refractivity contribution in [1.29, 1.82) is 0 Å². The van der Waals surface area contributed by atoms with E-state index in [0.717, 1.165) is 14.5 Å². The van der Waals surface area contributed by atoms with Crippen LogP contribution in [0.4, 0.5) is 4.39 Å². The second kappa shape index (κ2) is 6.17. The summed E-state index contributed by atoms with van der Waals surface area (Å²) in [7, 11) is 0. The topological polar surface area (TPSA) is 9.23 Å². The molecule has 0 aliphatic carbocycles. The summed E-state index contributed by atoms with van der Waals surface area (Å²) in [6, 6.07) is 10.3. The Balaban J connectivity index is 2.38. The number of rotatable bonds is 3. The molecule has 2 rings (SSSR count). The zero-order chi connectivity index (χ0) is 13.1. The van der Waals surface area contributed by atoms with Crippen LogP contribution in [0.2, 0.25) is 0 Å². The Hall–Kier alpha value is -0.390. The fraction of sp³-hybridized carbons (Fsp3) is 0.0769. The van der Waals surface area contributed by atoms with Crippen LogP contribution in [0.3, 0.4) is 0 Å². The van der Waals surface area contributed by atoms with E-state index in [-0.39, 0.29) is 5.75 Å². The van der Waals surface area contributed by atoms with Crippen molar-refractivity contribution in [2.75, 3.05) is 0 Å². The van der Waals surface area contributed by atoms with Crippen molar-refractivity contribution in [3.05, 3.63) is 56.7 Å². The van der Waals surface area contributed by atoms with Gasteiger partial charge in [-0.05, 0) is 30.3 Å². The molecule has 0 atom stereocenters. The lowest BCUT2D eigenvalue weighted by molar-refractivity contribution is 0.439. The van der Waals surface area contributed by atoms with Crippen molar-refractivity contribution in [2.24, 2.45) is 0 Å². The Morgan fingerprint density at radius 3 is 2.22 bits per heavy atom. The second-order valence-electron chi connectivity index (χ2n) is 3.56. The molecule has 0 aliphatic rings. The van der Waals surface area contributed by atoms with Crippen molar-refractivity contribution in [1.82, 2.24) is 0 Å². The van der Waals surface area contributed by atoms with Gasteiger partial charge in [-0.25, -0.2) is 4.39 Å². The number of alkyl halides is 1. The fourth-order valence-electron chi connectivity index (χ4n) is 1.41. The molecule has 0 amide bonds. The standard InChI is InChI=1S/C13H8Br3FO/c14-7-8-1-2-9(15)5-12(8)18-13-6-10(16)3-4-11(13)17/h1-6H,7H2. The van der Waals surface area contributed by atoms with Crippen molar-refractivity contribution in [3.8, 4) is 11.5 Å². The molecule has 18 heavy (non-hydrogen) atoms. The van der Waals surface area contributed by atoms with Gasteiger partial charge in [0, 0.05) is 19.8 Å². The van der Waals surface area contributed by atoms with Crippen LogP contribution in [0.15, 0.2) is 45.3 Å². The van der Waals surface area contributed by atoms with E-state index in [0.29, 0.717) is 11.1 Å². The number of halogens is 4. The molecule has 5 heteroatoms. The Labute approximate surface area is 130 Å². The molecular formula is C13H8Br3FO. The zero-order valence-electron chi connectivity index (χ0n) is 9.09. The summed E-state index contributed by atoms with van der Waals surface area (Å²) in [6.45, 7) is 0. The Kier molecular flexibility index (Phi) is 4.81. The van der Waals surface area contributed by atoms with E-state index in [2.05, 4.69) is 47.8 Å². The Morgan fingerprint density at radius 1 is 0.944 bits per heavy atom. The van der Waals surface area contributed by atoms with Crippen LogP contribution < -0.4 is 4.74 Å². The summed E-state index contributed by atoms with van der Waals surface area (Å²) in [4.78, 5) is 0. The number of hydrogen-bond acceptors (Lipinski definition) is 1. The normalized spacial score (nSPS) is 10.4. The summed E-state index contributed by atoms with van der Waals surface area (Å²) in [5.41, 5.74) is 0.956. The summed E-state index contributed by atoms with van der Waals surface area (Å²) in [5.74, 6) is 0.432. The third-order valence-electron chi connectivity index (χ3n) is 2.29. The van der Waals surface area contributed by atoms with Crippen LogP contribution in [-0.4, -0.2) is 0 Å². The summed E-state index contributed by atoms with van der Waals surface area (Å²) < 4.78 is 20.9. The van der Waals surface area contributed by atoms with Crippen LogP contribution in [-0.2, 0) is 5.33 Å². The highest BCUT2D eigenvalue weighted by Gasteiger charge is 2.09. The fourth-order valence-corrected chi connectivity index (χ4v) is 2.55. The molecule has 0 aromatic heterocycles. The highest BCUT2D eigenvalue weighted by atomic mass is 79.9. The molecule has 0 saturated carbocycles.